The molecule has 0 rings (SSSR count). The molecule has 0 aromatic heterocycles. The lowest BCUT2D eigenvalue weighted by Crippen LogP contribution is -2.21. The van der Waals surface area contributed by atoms with Gasteiger partial charge in [0.25, 0.3) is 0 Å². The predicted octanol–water partition coefficient (Wildman–Crippen LogP) is 3.45. The van der Waals surface area contributed by atoms with Crippen molar-refractivity contribution >= 4 is 17.7 Å². The molecule has 0 aliphatic heterocycles. The summed E-state index contributed by atoms with van der Waals surface area (Å²) in [6.07, 6.45) is 3.35. The Balaban J connectivity index is 3.79. The number of unbranched alkanes of at least 4 members (excludes halogenated alkanes) is 2. The van der Waals surface area contributed by atoms with Gasteiger partial charge in [-0.25, -0.2) is 0 Å². The summed E-state index contributed by atoms with van der Waals surface area (Å²) in [7, 11) is 1.43. The number of thioether (sulfide) groups is 1. The maximum absolute atomic E-state index is 11.9. The number of methoxy groups -OCH3 is 1. The molecule has 0 amide bonds. The molecule has 4 heteroatoms. The molecule has 0 bridgehead atoms. The number of carbonyl (C=O) groups excluding carboxylic acids is 1. The van der Waals surface area contributed by atoms with Crippen LogP contribution in [-0.4, -0.2) is 30.8 Å². The quantitative estimate of drug-likeness (QED) is 0.463. The van der Waals surface area contributed by atoms with Crippen LogP contribution in [0.3, 0.4) is 0 Å². The van der Waals surface area contributed by atoms with Crippen molar-refractivity contribution in [2.24, 2.45) is 5.92 Å². The highest BCUT2D eigenvalue weighted by atomic mass is 32.2. The third-order valence-corrected chi connectivity index (χ3v) is 3.56. The van der Waals surface area contributed by atoms with E-state index >= 15 is 0 Å². The van der Waals surface area contributed by atoms with Crippen LogP contribution in [0.15, 0.2) is 0 Å². The lowest BCUT2D eigenvalue weighted by molar-refractivity contribution is -0.140. The maximum Gasteiger partial charge on any atom is 0.318 e. The summed E-state index contributed by atoms with van der Waals surface area (Å²) >= 11 is 1.64. The molecule has 0 aromatic carbocycles. The molecular formula is C12H23FO2S. The summed E-state index contributed by atoms with van der Waals surface area (Å²) in [4.78, 5) is 11.5. The summed E-state index contributed by atoms with van der Waals surface area (Å²) < 4.78 is 16.6. The Morgan fingerprint density at radius 1 is 1.31 bits per heavy atom. The van der Waals surface area contributed by atoms with Crippen LogP contribution in [0.2, 0.25) is 0 Å². The minimum absolute atomic E-state index is 0.0598. The van der Waals surface area contributed by atoms with Gasteiger partial charge in [-0.05, 0) is 30.9 Å². The molecule has 2 nitrogen and oxygen atoms in total. The van der Waals surface area contributed by atoms with Gasteiger partial charge in [0.15, 0.2) is 0 Å². The highest BCUT2D eigenvalue weighted by Crippen LogP contribution is 2.22. The minimum atomic E-state index is -0.239. The molecule has 0 aliphatic rings. The lowest BCUT2D eigenvalue weighted by Gasteiger charge is -2.16. The standard InChI is InChI=1S/C12H23FO2S/c1-10(2)9-11(12(14)15-3)16-8-6-4-5-7-13/h10-11H,4-9H2,1-3H3. The lowest BCUT2D eigenvalue weighted by atomic mass is 10.1. The van der Waals surface area contributed by atoms with Gasteiger partial charge in [0.2, 0.25) is 0 Å². The fraction of sp³-hybridized carbons (Fsp3) is 0.917. The van der Waals surface area contributed by atoms with E-state index in [0.717, 1.165) is 25.0 Å². The topological polar surface area (TPSA) is 26.3 Å². The van der Waals surface area contributed by atoms with Crippen molar-refractivity contribution in [3.63, 3.8) is 0 Å². The van der Waals surface area contributed by atoms with Crippen LogP contribution in [0.25, 0.3) is 0 Å². The Kier molecular flexibility index (Phi) is 9.78. The van der Waals surface area contributed by atoms with E-state index in [1.807, 2.05) is 0 Å². The van der Waals surface area contributed by atoms with Crippen LogP contribution in [0.1, 0.15) is 39.5 Å². The molecule has 0 spiro atoms. The monoisotopic (exact) mass is 250 g/mol. The summed E-state index contributed by atoms with van der Waals surface area (Å²) in [5, 5.41) is -0.0598. The van der Waals surface area contributed by atoms with E-state index in [2.05, 4.69) is 13.8 Å². The predicted molar refractivity (Wildman–Crippen MR) is 67.5 cm³/mol. The van der Waals surface area contributed by atoms with Gasteiger partial charge in [0.1, 0.15) is 5.25 Å². The first-order valence-corrected chi connectivity index (χ1v) is 6.92. The van der Waals surface area contributed by atoms with E-state index in [9.17, 15) is 9.18 Å². The maximum atomic E-state index is 11.9. The van der Waals surface area contributed by atoms with Crippen LogP contribution < -0.4 is 0 Å². The molecule has 96 valence electrons. The summed E-state index contributed by atoms with van der Waals surface area (Å²) in [6, 6.07) is 0. The number of ether oxygens (including phenoxy) is 1. The van der Waals surface area contributed by atoms with Gasteiger partial charge >= 0.3 is 5.97 Å². The minimum Gasteiger partial charge on any atom is -0.468 e. The summed E-state index contributed by atoms with van der Waals surface area (Å²) in [5.41, 5.74) is 0. The zero-order valence-corrected chi connectivity index (χ0v) is 11.3. The van der Waals surface area contributed by atoms with E-state index < -0.39 is 0 Å². The zero-order valence-electron chi connectivity index (χ0n) is 10.5. The average Bonchev–Trinajstić information content (AvgIpc) is 2.25. The first kappa shape index (κ1) is 15.8. The van der Waals surface area contributed by atoms with Gasteiger partial charge in [-0.1, -0.05) is 20.3 Å². The fourth-order valence-corrected chi connectivity index (χ4v) is 2.80. The fourth-order valence-electron chi connectivity index (χ4n) is 1.39. The highest BCUT2D eigenvalue weighted by Gasteiger charge is 2.20. The third-order valence-electron chi connectivity index (χ3n) is 2.25. The van der Waals surface area contributed by atoms with Crippen LogP contribution in [0, 0.1) is 5.92 Å². The van der Waals surface area contributed by atoms with E-state index in [4.69, 9.17) is 4.74 Å². The van der Waals surface area contributed by atoms with Crippen molar-refractivity contribution in [2.45, 2.75) is 44.8 Å². The van der Waals surface area contributed by atoms with Crippen molar-refractivity contribution in [3.05, 3.63) is 0 Å². The van der Waals surface area contributed by atoms with E-state index in [1.54, 1.807) is 11.8 Å². The number of alkyl halides is 1. The molecule has 0 saturated heterocycles. The van der Waals surface area contributed by atoms with Gasteiger partial charge < -0.3 is 4.74 Å². The molecule has 0 radical (unpaired) electrons. The van der Waals surface area contributed by atoms with Gasteiger partial charge in [0.05, 0.1) is 13.8 Å². The average molecular weight is 250 g/mol. The largest absolute Gasteiger partial charge is 0.468 e. The number of hydrogen-bond acceptors (Lipinski definition) is 3. The smallest absolute Gasteiger partial charge is 0.318 e. The van der Waals surface area contributed by atoms with Crippen LogP contribution in [0.5, 0.6) is 0 Å². The van der Waals surface area contributed by atoms with E-state index in [0.29, 0.717) is 12.3 Å². The third kappa shape index (κ3) is 7.97. The normalized spacial score (nSPS) is 12.8. The molecule has 1 atom stereocenters. The van der Waals surface area contributed by atoms with Gasteiger partial charge in [-0.15, -0.1) is 11.8 Å². The van der Waals surface area contributed by atoms with Crippen molar-refractivity contribution in [2.75, 3.05) is 19.5 Å². The number of esters is 1. The second-order valence-electron chi connectivity index (χ2n) is 4.26. The van der Waals surface area contributed by atoms with Crippen molar-refractivity contribution in [3.8, 4) is 0 Å². The molecule has 0 saturated carbocycles. The van der Waals surface area contributed by atoms with E-state index in [1.165, 1.54) is 7.11 Å². The van der Waals surface area contributed by atoms with Crippen molar-refractivity contribution < 1.29 is 13.9 Å². The Hall–Kier alpha value is -0.250. The summed E-state index contributed by atoms with van der Waals surface area (Å²) in [5.74, 6) is 1.26. The zero-order chi connectivity index (χ0) is 12.4. The van der Waals surface area contributed by atoms with Gasteiger partial charge in [0, 0.05) is 0 Å². The SMILES string of the molecule is COC(=O)C(CC(C)C)SCCCCCF. The molecule has 16 heavy (non-hydrogen) atoms. The molecule has 0 N–H and O–H groups in total. The Morgan fingerprint density at radius 3 is 2.50 bits per heavy atom. The van der Waals surface area contributed by atoms with Crippen molar-refractivity contribution in [1.29, 1.82) is 0 Å². The molecule has 0 fully saturated rings. The highest BCUT2D eigenvalue weighted by molar-refractivity contribution is 8.00. The Bertz CT molecular complexity index is 186. The van der Waals surface area contributed by atoms with Crippen molar-refractivity contribution in [1.82, 2.24) is 0 Å². The number of carbonyl (C=O) groups is 1. The van der Waals surface area contributed by atoms with Gasteiger partial charge in [-0.3, -0.25) is 9.18 Å². The first-order valence-electron chi connectivity index (χ1n) is 5.87. The van der Waals surface area contributed by atoms with E-state index in [-0.39, 0.29) is 17.9 Å². The molecular weight excluding hydrogens is 227 g/mol. The van der Waals surface area contributed by atoms with Crippen LogP contribution in [0.4, 0.5) is 4.39 Å². The number of halogens is 1. The number of hydrogen-bond donors (Lipinski definition) is 0. The summed E-state index contributed by atoms with van der Waals surface area (Å²) in [6.45, 7) is 3.95. The first-order chi connectivity index (χ1) is 7.61. The second-order valence-corrected chi connectivity index (χ2v) is 5.57. The Labute approximate surface area is 102 Å². The van der Waals surface area contributed by atoms with Crippen LogP contribution >= 0.6 is 11.8 Å². The number of rotatable bonds is 9. The molecule has 0 heterocycles. The molecule has 0 aliphatic carbocycles. The van der Waals surface area contributed by atoms with Crippen LogP contribution in [-0.2, 0) is 9.53 Å². The Morgan fingerprint density at radius 2 is 2.00 bits per heavy atom. The molecule has 0 aromatic rings. The van der Waals surface area contributed by atoms with Gasteiger partial charge in [-0.2, -0.15) is 0 Å². The molecule has 1 unspecified atom stereocenters. The second kappa shape index (κ2) is 9.94.